The number of para-hydroxylation sites is 1. The van der Waals surface area contributed by atoms with Crippen molar-refractivity contribution in [1.82, 2.24) is 0 Å². The molecule has 0 fully saturated rings. The number of benzene rings is 2. The first-order valence-electron chi connectivity index (χ1n) is 5.85. The van der Waals surface area contributed by atoms with Crippen molar-refractivity contribution in [2.75, 3.05) is 0 Å². The molecule has 0 aliphatic carbocycles. The maximum atomic E-state index is 11.0. The van der Waals surface area contributed by atoms with Gasteiger partial charge in [-0.1, -0.05) is 17.7 Å². The maximum Gasteiger partial charge on any atom is 0.335 e. The van der Waals surface area contributed by atoms with Crippen LogP contribution in [0, 0.1) is 17.0 Å². The van der Waals surface area contributed by atoms with E-state index in [-0.39, 0.29) is 27.8 Å². The highest BCUT2D eigenvalue weighted by atomic mass is 35.5. The van der Waals surface area contributed by atoms with Gasteiger partial charge in [-0.3, -0.25) is 10.1 Å². The molecule has 0 heterocycles. The van der Waals surface area contributed by atoms with Crippen molar-refractivity contribution in [3.05, 3.63) is 62.7 Å². The molecule has 7 heteroatoms. The lowest BCUT2D eigenvalue weighted by molar-refractivity contribution is -0.385. The lowest BCUT2D eigenvalue weighted by Crippen LogP contribution is -2.00. The van der Waals surface area contributed by atoms with Crippen LogP contribution in [-0.2, 0) is 0 Å². The second-order valence-electron chi connectivity index (χ2n) is 4.23. The van der Waals surface area contributed by atoms with Crippen LogP contribution in [0.2, 0.25) is 5.02 Å². The van der Waals surface area contributed by atoms with Crippen LogP contribution in [0.25, 0.3) is 0 Å². The number of hydrogen-bond donors (Lipinski definition) is 1. The molecule has 108 valence electrons. The molecule has 0 saturated carbocycles. The van der Waals surface area contributed by atoms with E-state index in [1.165, 1.54) is 36.4 Å². The number of nitro benzene ring substituents is 1. The Hall–Kier alpha value is -2.60. The Morgan fingerprint density at radius 1 is 1.33 bits per heavy atom. The number of carboxylic acid groups (broad SMARTS) is 1. The van der Waals surface area contributed by atoms with Gasteiger partial charge in [0.15, 0.2) is 0 Å². The molecule has 2 rings (SSSR count). The second kappa shape index (κ2) is 5.80. The summed E-state index contributed by atoms with van der Waals surface area (Å²) in [7, 11) is 0. The Bertz CT molecular complexity index is 729. The van der Waals surface area contributed by atoms with E-state index < -0.39 is 10.9 Å². The topological polar surface area (TPSA) is 89.7 Å². The van der Waals surface area contributed by atoms with E-state index in [2.05, 4.69) is 0 Å². The summed E-state index contributed by atoms with van der Waals surface area (Å²) < 4.78 is 5.45. The summed E-state index contributed by atoms with van der Waals surface area (Å²) in [5.41, 5.74) is 0.355. The van der Waals surface area contributed by atoms with Crippen LogP contribution in [0.4, 0.5) is 5.69 Å². The fourth-order valence-electron chi connectivity index (χ4n) is 1.80. The average molecular weight is 308 g/mol. The van der Waals surface area contributed by atoms with Crippen LogP contribution in [0.15, 0.2) is 36.4 Å². The van der Waals surface area contributed by atoms with Crippen molar-refractivity contribution < 1.29 is 19.6 Å². The predicted octanol–water partition coefficient (Wildman–Crippen LogP) is 4.05. The summed E-state index contributed by atoms with van der Waals surface area (Å²) in [6, 6.07) is 8.48. The second-order valence-corrected chi connectivity index (χ2v) is 4.64. The quantitative estimate of drug-likeness (QED) is 0.680. The van der Waals surface area contributed by atoms with Crippen LogP contribution in [0.5, 0.6) is 11.5 Å². The number of ether oxygens (including phenoxy) is 1. The normalized spacial score (nSPS) is 10.2. The molecule has 21 heavy (non-hydrogen) atoms. The van der Waals surface area contributed by atoms with Crippen LogP contribution in [0.3, 0.4) is 0 Å². The molecule has 0 amide bonds. The Morgan fingerprint density at radius 3 is 2.62 bits per heavy atom. The lowest BCUT2D eigenvalue weighted by Gasteiger charge is -2.09. The van der Waals surface area contributed by atoms with E-state index in [0.29, 0.717) is 5.56 Å². The average Bonchev–Trinajstić information content (AvgIpc) is 2.40. The zero-order valence-electron chi connectivity index (χ0n) is 10.9. The highest BCUT2D eigenvalue weighted by molar-refractivity contribution is 6.32. The number of aromatic carboxylic acids is 1. The number of halogens is 1. The van der Waals surface area contributed by atoms with Crippen molar-refractivity contribution >= 4 is 23.3 Å². The standard InChI is InChI=1S/C14H10ClNO5/c1-8-7-9(5-6-10(8)14(17)18)21-13-11(15)3-2-4-12(13)16(19)20/h2-7H,1H3,(H,17,18). The minimum atomic E-state index is -1.05. The summed E-state index contributed by atoms with van der Waals surface area (Å²) in [4.78, 5) is 21.3. The van der Waals surface area contributed by atoms with Crippen molar-refractivity contribution in [3.8, 4) is 11.5 Å². The Labute approximate surface area is 124 Å². The van der Waals surface area contributed by atoms with Gasteiger partial charge in [0.25, 0.3) is 0 Å². The van der Waals surface area contributed by atoms with Crippen LogP contribution >= 0.6 is 11.6 Å². The summed E-state index contributed by atoms with van der Waals surface area (Å²) in [6.45, 7) is 1.61. The number of hydrogen-bond acceptors (Lipinski definition) is 4. The number of nitro groups is 1. The number of aryl methyl sites for hydroxylation is 1. The van der Waals surface area contributed by atoms with Gasteiger partial charge in [-0.05, 0) is 36.8 Å². The van der Waals surface area contributed by atoms with Gasteiger partial charge in [0.2, 0.25) is 5.75 Å². The van der Waals surface area contributed by atoms with Crippen molar-refractivity contribution in [3.63, 3.8) is 0 Å². The van der Waals surface area contributed by atoms with E-state index in [1.54, 1.807) is 6.92 Å². The summed E-state index contributed by atoms with van der Waals surface area (Å²) in [5.74, 6) is -0.858. The van der Waals surface area contributed by atoms with Crippen LogP contribution in [-0.4, -0.2) is 16.0 Å². The van der Waals surface area contributed by atoms with E-state index in [1.807, 2.05) is 0 Å². The molecule has 0 aliphatic rings. The monoisotopic (exact) mass is 307 g/mol. The number of carboxylic acids is 1. The van der Waals surface area contributed by atoms with E-state index in [9.17, 15) is 14.9 Å². The third-order valence-corrected chi connectivity index (χ3v) is 3.09. The Balaban J connectivity index is 2.41. The van der Waals surface area contributed by atoms with Gasteiger partial charge in [0.1, 0.15) is 5.75 Å². The first kappa shape index (κ1) is 14.8. The molecule has 2 aromatic rings. The molecule has 0 saturated heterocycles. The smallest absolute Gasteiger partial charge is 0.335 e. The largest absolute Gasteiger partial charge is 0.478 e. The number of carbonyl (C=O) groups is 1. The van der Waals surface area contributed by atoms with E-state index >= 15 is 0 Å². The van der Waals surface area contributed by atoms with Gasteiger partial charge in [0.05, 0.1) is 15.5 Å². The summed E-state index contributed by atoms with van der Waals surface area (Å²) in [6.07, 6.45) is 0. The molecule has 0 radical (unpaired) electrons. The lowest BCUT2D eigenvalue weighted by atomic mass is 10.1. The molecule has 0 aliphatic heterocycles. The van der Waals surface area contributed by atoms with Crippen molar-refractivity contribution in [2.24, 2.45) is 0 Å². The molecule has 2 aromatic carbocycles. The van der Waals surface area contributed by atoms with Gasteiger partial charge >= 0.3 is 11.7 Å². The summed E-state index contributed by atoms with van der Waals surface area (Å²) >= 11 is 5.92. The zero-order chi connectivity index (χ0) is 15.6. The van der Waals surface area contributed by atoms with E-state index in [4.69, 9.17) is 21.4 Å². The molecule has 0 bridgehead atoms. The SMILES string of the molecule is Cc1cc(Oc2c(Cl)cccc2[N+](=O)[O-])ccc1C(=O)O. The molecule has 0 aromatic heterocycles. The van der Waals surface area contributed by atoms with Crippen LogP contribution in [0.1, 0.15) is 15.9 Å². The highest BCUT2D eigenvalue weighted by Gasteiger charge is 2.19. The third kappa shape index (κ3) is 3.11. The first-order valence-corrected chi connectivity index (χ1v) is 6.22. The first-order chi connectivity index (χ1) is 9.90. The zero-order valence-corrected chi connectivity index (χ0v) is 11.6. The molecular weight excluding hydrogens is 298 g/mol. The Morgan fingerprint density at radius 2 is 2.05 bits per heavy atom. The van der Waals surface area contributed by atoms with Gasteiger partial charge in [-0.2, -0.15) is 0 Å². The fraction of sp³-hybridized carbons (Fsp3) is 0.0714. The van der Waals surface area contributed by atoms with Crippen molar-refractivity contribution in [2.45, 2.75) is 6.92 Å². The molecule has 0 unspecified atom stereocenters. The Kier molecular flexibility index (Phi) is 4.09. The minimum Gasteiger partial charge on any atom is -0.478 e. The van der Waals surface area contributed by atoms with Crippen molar-refractivity contribution in [1.29, 1.82) is 0 Å². The molecular formula is C14H10ClNO5. The predicted molar refractivity (Wildman–Crippen MR) is 76.3 cm³/mol. The van der Waals surface area contributed by atoms with Crippen LogP contribution < -0.4 is 4.74 Å². The van der Waals surface area contributed by atoms with Gasteiger partial charge in [0, 0.05) is 6.07 Å². The van der Waals surface area contributed by atoms with E-state index in [0.717, 1.165) is 0 Å². The fourth-order valence-corrected chi connectivity index (χ4v) is 2.01. The number of rotatable bonds is 4. The van der Waals surface area contributed by atoms with Gasteiger partial charge in [-0.25, -0.2) is 4.79 Å². The molecule has 1 N–H and O–H groups in total. The minimum absolute atomic E-state index is 0.0772. The molecule has 0 atom stereocenters. The summed E-state index contributed by atoms with van der Waals surface area (Å²) in [5, 5.41) is 20.0. The maximum absolute atomic E-state index is 11.0. The highest BCUT2D eigenvalue weighted by Crippen LogP contribution is 2.38. The van der Waals surface area contributed by atoms with Gasteiger partial charge in [-0.15, -0.1) is 0 Å². The third-order valence-electron chi connectivity index (χ3n) is 2.79. The number of nitrogens with zero attached hydrogens (tertiary/aromatic N) is 1. The van der Waals surface area contributed by atoms with Gasteiger partial charge < -0.3 is 9.84 Å². The molecule has 6 nitrogen and oxygen atoms in total. The molecule has 0 spiro atoms.